The summed E-state index contributed by atoms with van der Waals surface area (Å²) in [4.78, 5) is 0. The molecule has 32 valence electrons. The third-order valence-electron chi connectivity index (χ3n) is 0. The Kier molecular flexibility index (Phi) is 447. The standard InChI is InChI=1S/Al.2ClH.Li.H2S.4H/h;2*1H;;1H2;;;;/q;;;+1;;;;;-1. The molecule has 0 nitrogen and oxygen atoms in total. The number of hydrogen-bond acceptors (Lipinski definition) is 0. The molecule has 0 bridgehead atoms. The van der Waals surface area contributed by atoms with Crippen molar-refractivity contribution in [2.24, 2.45) is 0 Å². The van der Waals surface area contributed by atoms with Gasteiger partial charge in [0.05, 0.1) is 0 Å². The van der Waals surface area contributed by atoms with E-state index in [9.17, 15) is 0 Å². The quantitative estimate of drug-likeness (QED) is 0.316. The Morgan fingerprint density at radius 2 is 1.00 bits per heavy atom. The molecular weight excluding hydrogens is 137 g/mol. The van der Waals surface area contributed by atoms with Crippen LogP contribution in [0.25, 0.3) is 0 Å². The molecule has 0 aliphatic heterocycles. The van der Waals surface area contributed by atoms with Crippen molar-refractivity contribution in [2.75, 3.05) is 0 Å². The molecule has 0 saturated heterocycles. The maximum atomic E-state index is 0. The van der Waals surface area contributed by atoms with E-state index in [1.807, 2.05) is 0 Å². The molecule has 0 aromatic heterocycles. The summed E-state index contributed by atoms with van der Waals surface area (Å²) < 4.78 is 0. The molecular formula is H8AlCl2LiS. The molecule has 0 aromatic carbocycles. The van der Waals surface area contributed by atoms with Crippen LogP contribution in [0.15, 0.2) is 0 Å². The van der Waals surface area contributed by atoms with Crippen molar-refractivity contribution >= 4 is 55.7 Å². The third-order valence-corrected chi connectivity index (χ3v) is 0. The summed E-state index contributed by atoms with van der Waals surface area (Å²) in [7, 11) is 0. The van der Waals surface area contributed by atoms with Gasteiger partial charge in [0.15, 0.2) is 17.4 Å². The van der Waals surface area contributed by atoms with Gasteiger partial charge in [-0.05, 0) is 0 Å². The Morgan fingerprint density at radius 1 is 1.00 bits per heavy atom. The van der Waals surface area contributed by atoms with Gasteiger partial charge in [0.1, 0.15) is 0 Å². The average Bonchev–Trinajstić information content (AvgIpc) is 0. The van der Waals surface area contributed by atoms with Crippen LogP contribution < -0.4 is 18.9 Å². The zero-order valence-electron chi connectivity index (χ0n) is 3.32. The minimum absolute atomic E-state index is 0. The van der Waals surface area contributed by atoms with Gasteiger partial charge in [-0.2, -0.15) is 13.5 Å². The van der Waals surface area contributed by atoms with Crippen molar-refractivity contribution in [2.45, 2.75) is 0 Å². The summed E-state index contributed by atoms with van der Waals surface area (Å²) >= 11 is 0. The van der Waals surface area contributed by atoms with E-state index in [4.69, 9.17) is 0 Å². The van der Waals surface area contributed by atoms with Crippen molar-refractivity contribution in [3.8, 4) is 0 Å². The molecule has 5 heavy (non-hydrogen) atoms. The van der Waals surface area contributed by atoms with Crippen molar-refractivity contribution in [1.29, 1.82) is 0 Å². The van der Waals surface area contributed by atoms with Crippen molar-refractivity contribution in [3.05, 3.63) is 0 Å². The Hall–Kier alpha value is 2.06. The predicted molar refractivity (Wildman–Crippen MR) is 35.9 cm³/mol. The number of hydrogen-bond donors (Lipinski definition) is 0. The molecule has 0 saturated carbocycles. The van der Waals surface area contributed by atoms with E-state index in [2.05, 4.69) is 0 Å². The molecule has 5 heteroatoms. The Labute approximate surface area is 75.5 Å². The third kappa shape index (κ3) is 23.5. The monoisotopic (exact) mass is 144 g/mol. The zero-order chi connectivity index (χ0) is 0. The van der Waals surface area contributed by atoms with Crippen LogP contribution in [0.5, 0.6) is 0 Å². The molecule has 0 fully saturated rings. The van der Waals surface area contributed by atoms with Crippen LogP contribution in [0, 0.1) is 0 Å². The summed E-state index contributed by atoms with van der Waals surface area (Å²) in [5, 5.41) is 0. The van der Waals surface area contributed by atoms with E-state index in [0.717, 1.165) is 0 Å². The van der Waals surface area contributed by atoms with Gasteiger partial charge in [0, 0.05) is 0 Å². The topological polar surface area (TPSA) is 0 Å². The molecule has 0 atom stereocenters. The molecule has 0 aliphatic rings. The van der Waals surface area contributed by atoms with Crippen LogP contribution in [0.4, 0.5) is 0 Å². The first kappa shape index (κ1) is 61.1. The second-order valence-electron chi connectivity index (χ2n) is 0. The van der Waals surface area contributed by atoms with Crippen molar-refractivity contribution in [1.82, 2.24) is 0 Å². The smallest absolute Gasteiger partial charge is 1.00 e. The fourth-order valence-corrected chi connectivity index (χ4v) is 0. The van der Waals surface area contributed by atoms with Gasteiger partial charge in [0.25, 0.3) is 0 Å². The van der Waals surface area contributed by atoms with Crippen LogP contribution in [0.3, 0.4) is 0 Å². The summed E-state index contributed by atoms with van der Waals surface area (Å²) in [6, 6.07) is 0. The van der Waals surface area contributed by atoms with E-state index in [1.165, 1.54) is 0 Å². The number of halogens is 2. The first-order valence-corrected chi connectivity index (χ1v) is 0. The maximum absolute atomic E-state index is 0. The summed E-state index contributed by atoms with van der Waals surface area (Å²) in [6.45, 7) is 0. The predicted octanol–water partition coefficient (Wildman–Crippen LogP) is -3.11. The second kappa shape index (κ2) is 36.6. The van der Waals surface area contributed by atoms with Gasteiger partial charge in [-0.15, -0.1) is 24.8 Å². The van der Waals surface area contributed by atoms with Gasteiger partial charge in [-0.1, -0.05) is 0 Å². The van der Waals surface area contributed by atoms with Gasteiger partial charge in [-0.3, -0.25) is 0 Å². The molecule has 0 aromatic rings. The molecule has 0 spiro atoms. The maximum Gasteiger partial charge on any atom is 1.00 e. The fourth-order valence-electron chi connectivity index (χ4n) is 0. The molecule has 0 heterocycles. The minimum atomic E-state index is 0. The minimum Gasteiger partial charge on any atom is -1.00 e. The van der Waals surface area contributed by atoms with Crippen LogP contribution in [0.2, 0.25) is 0 Å². The van der Waals surface area contributed by atoms with Crippen LogP contribution in [0.1, 0.15) is 1.43 Å². The van der Waals surface area contributed by atoms with E-state index < -0.39 is 0 Å². The Bertz CT molecular complexity index is 13.5. The van der Waals surface area contributed by atoms with Gasteiger partial charge in [-0.25, -0.2) is 0 Å². The molecule has 0 amide bonds. The summed E-state index contributed by atoms with van der Waals surface area (Å²) in [6.07, 6.45) is 0. The number of rotatable bonds is 0. The van der Waals surface area contributed by atoms with Crippen molar-refractivity contribution < 1.29 is 20.3 Å². The SMILES string of the molecule is Cl.Cl.S.[AlH3].[H-].[Li+]. The molecule has 0 unspecified atom stereocenters. The molecule has 0 radical (unpaired) electrons. The van der Waals surface area contributed by atoms with E-state index >= 15 is 0 Å². The van der Waals surface area contributed by atoms with Crippen molar-refractivity contribution in [3.63, 3.8) is 0 Å². The molecule has 0 rings (SSSR count). The van der Waals surface area contributed by atoms with Crippen LogP contribution >= 0.6 is 38.3 Å². The van der Waals surface area contributed by atoms with Crippen LogP contribution in [-0.2, 0) is 0 Å². The second-order valence-corrected chi connectivity index (χ2v) is 0. The Balaban J connectivity index is 0. The van der Waals surface area contributed by atoms with Gasteiger partial charge >= 0.3 is 18.9 Å². The van der Waals surface area contributed by atoms with Gasteiger partial charge < -0.3 is 1.43 Å². The summed E-state index contributed by atoms with van der Waals surface area (Å²) in [5.41, 5.74) is 0. The van der Waals surface area contributed by atoms with E-state index in [-0.39, 0.29) is 76.0 Å². The van der Waals surface area contributed by atoms with Gasteiger partial charge in [0.2, 0.25) is 0 Å². The molecule has 0 aliphatic carbocycles. The first-order chi connectivity index (χ1) is 0. The average molecular weight is 145 g/mol. The fraction of sp³-hybridized carbons (Fsp3) is 0. The zero-order valence-corrected chi connectivity index (χ0v) is 4.95. The molecule has 0 N–H and O–H groups in total. The Morgan fingerprint density at radius 3 is 1.00 bits per heavy atom. The first-order valence-electron chi connectivity index (χ1n) is 0. The largest absolute Gasteiger partial charge is 1.00 e. The normalized spacial score (nSPS) is 0. The van der Waals surface area contributed by atoms with E-state index in [0.29, 0.717) is 0 Å². The van der Waals surface area contributed by atoms with Crippen LogP contribution in [-0.4, -0.2) is 17.4 Å². The summed E-state index contributed by atoms with van der Waals surface area (Å²) in [5.74, 6) is 0. The van der Waals surface area contributed by atoms with E-state index in [1.54, 1.807) is 0 Å².